The van der Waals surface area contributed by atoms with Crippen molar-refractivity contribution in [3.8, 4) is 0 Å². The van der Waals surface area contributed by atoms with E-state index in [9.17, 15) is 9.18 Å². The second kappa shape index (κ2) is 4.37. The standard InChI is InChI=1S/C12H12FN3O/c1-2-16-4-3-15-12(16)11(17)8-5-9(13)7-10(14)6-8/h3-7H,2,14H2,1H3. The number of benzene rings is 1. The van der Waals surface area contributed by atoms with Crippen molar-refractivity contribution in [2.24, 2.45) is 0 Å². The van der Waals surface area contributed by atoms with Crippen molar-refractivity contribution in [2.75, 3.05) is 5.73 Å². The maximum Gasteiger partial charge on any atom is 0.228 e. The molecule has 88 valence electrons. The molecule has 1 aromatic heterocycles. The van der Waals surface area contributed by atoms with Crippen LogP contribution in [-0.4, -0.2) is 15.3 Å². The summed E-state index contributed by atoms with van der Waals surface area (Å²) in [6, 6.07) is 3.77. The monoisotopic (exact) mass is 233 g/mol. The molecule has 0 bridgehead atoms. The third-order valence-corrected chi connectivity index (χ3v) is 2.44. The summed E-state index contributed by atoms with van der Waals surface area (Å²) in [5, 5.41) is 0. The van der Waals surface area contributed by atoms with Crippen molar-refractivity contribution in [2.45, 2.75) is 13.5 Å². The van der Waals surface area contributed by atoms with Crippen LogP contribution in [0.25, 0.3) is 0 Å². The summed E-state index contributed by atoms with van der Waals surface area (Å²) in [5.41, 5.74) is 5.94. The number of hydrogen-bond acceptors (Lipinski definition) is 3. The molecular formula is C12H12FN3O. The summed E-state index contributed by atoms with van der Waals surface area (Å²) in [5.74, 6) is -0.566. The fourth-order valence-corrected chi connectivity index (χ4v) is 1.65. The number of hydrogen-bond donors (Lipinski definition) is 1. The van der Waals surface area contributed by atoms with E-state index in [0.717, 1.165) is 6.07 Å². The van der Waals surface area contributed by atoms with Gasteiger partial charge >= 0.3 is 0 Å². The van der Waals surface area contributed by atoms with Gasteiger partial charge in [0.1, 0.15) is 5.82 Å². The number of rotatable bonds is 3. The molecule has 0 saturated heterocycles. The highest BCUT2D eigenvalue weighted by molar-refractivity contribution is 6.07. The van der Waals surface area contributed by atoms with Crippen LogP contribution in [0.2, 0.25) is 0 Å². The first-order chi connectivity index (χ1) is 8.11. The second-order valence-electron chi connectivity index (χ2n) is 3.64. The first-order valence-corrected chi connectivity index (χ1v) is 5.23. The molecule has 4 nitrogen and oxygen atoms in total. The predicted molar refractivity (Wildman–Crippen MR) is 62.1 cm³/mol. The molecule has 0 aliphatic heterocycles. The highest BCUT2D eigenvalue weighted by Gasteiger charge is 2.15. The fourth-order valence-electron chi connectivity index (χ4n) is 1.65. The van der Waals surface area contributed by atoms with Gasteiger partial charge in [-0.2, -0.15) is 0 Å². The number of aryl methyl sites for hydroxylation is 1. The van der Waals surface area contributed by atoms with Gasteiger partial charge in [-0.15, -0.1) is 0 Å². The first-order valence-electron chi connectivity index (χ1n) is 5.23. The molecule has 0 unspecified atom stereocenters. The lowest BCUT2D eigenvalue weighted by Crippen LogP contribution is -2.11. The average Bonchev–Trinajstić information content (AvgIpc) is 2.74. The molecule has 1 heterocycles. The molecule has 0 radical (unpaired) electrons. The Morgan fingerprint density at radius 2 is 2.24 bits per heavy atom. The molecule has 2 aromatic rings. The number of carbonyl (C=O) groups is 1. The third kappa shape index (κ3) is 2.18. The van der Waals surface area contributed by atoms with E-state index in [1.54, 1.807) is 17.0 Å². The topological polar surface area (TPSA) is 60.9 Å². The van der Waals surface area contributed by atoms with Crippen LogP contribution in [0.3, 0.4) is 0 Å². The van der Waals surface area contributed by atoms with E-state index in [-0.39, 0.29) is 22.9 Å². The Morgan fingerprint density at radius 3 is 2.88 bits per heavy atom. The Kier molecular flexibility index (Phi) is 2.91. The first kappa shape index (κ1) is 11.3. The minimum absolute atomic E-state index is 0.211. The van der Waals surface area contributed by atoms with E-state index in [0.29, 0.717) is 6.54 Å². The molecule has 0 fully saturated rings. The van der Waals surface area contributed by atoms with Gasteiger partial charge < -0.3 is 10.3 Å². The molecule has 17 heavy (non-hydrogen) atoms. The van der Waals surface area contributed by atoms with Gasteiger partial charge in [-0.05, 0) is 25.1 Å². The molecule has 0 aliphatic rings. The number of anilines is 1. The maximum atomic E-state index is 13.2. The van der Waals surface area contributed by atoms with Crippen molar-refractivity contribution in [3.05, 3.63) is 47.8 Å². The lowest BCUT2D eigenvalue weighted by atomic mass is 10.1. The van der Waals surface area contributed by atoms with Gasteiger partial charge in [-0.1, -0.05) is 0 Å². The summed E-state index contributed by atoms with van der Waals surface area (Å²) in [4.78, 5) is 16.1. The van der Waals surface area contributed by atoms with Crippen LogP contribution < -0.4 is 5.73 Å². The van der Waals surface area contributed by atoms with E-state index < -0.39 is 5.82 Å². The number of nitrogen functional groups attached to an aromatic ring is 1. The van der Waals surface area contributed by atoms with Crippen LogP contribution in [0, 0.1) is 5.82 Å². The third-order valence-electron chi connectivity index (χ3n) is 2.44. The van der Waals surface area contributed by atoms with Gasteiger partial charge in [0.2, 0.25) is 5.78 Å². The molecule has 2 N–H and O–H groups in total. The lowest BCUT2D eigenvalue weighted by molar-refractivity contribution is 0.102. The molecular weight excluding hydrogens is 221 g/mol. The van der Waals surface area contributed by atoms with Crippen molar-refractivity contribution < 1.29 is 9.18 Å². The number of ketones is 1. The fraction of sp³-hybridized carbons (Fsp3) is 0.167. The van der Waals surface area contributed by atoms with Crippen LogP contribution in [0.1, 0.15) is 23.1 Å². The molecule has 0 aliphatic carbocycles. The molecule has 0 amide bonds. The predicted octanol–water partition coefficient (Wildman–Crippen LogP) is 1.86. The van der Waals surface area contributed by atoms with Crippen LogP contribution in [0.5, 0.6) is 0 Å². The normalized spacial score (nSPS) is 10.5. The van der Waals surface area contributed by atoms with Crippen LogP contribution in [0.15, 0.2) is 30.6 Å². The van der Waals surface area contributed by atoms with Crippen molar-refractivity contribution in [3.63, 3.8) is 0 Å². The second-order valence-corrected chi connectivity index (χ2v) is 3.64. The molecule has 2 rings (SSSR count). The number of aromatic nitrogens is 2. The van der Waals surface area contributed by atoms with Gasteiger partial charge in [-0.3, -0.25) is 4.79 Å². The van der Waals surface area contributed by atoms with Gasteiger partial charge in [0.25, 0.3) is 0 Å². The summed E-state index contributed by atoms with van der Waals surface area (Å²) >= 11 is 0. The molecule has 0 spiro atoms. The quantitative estimate of drug-likeness (QED) is 0.650. The lowest BCUT2D eigenvalue weighted by Gasteiger charge is -2.04. The summed E-state index contributed by atoms with van der Waals surface area (Å²) in [6.45, 7) is 2.53. The number of halogens is 1. The van der Waals surface area contributed by atoms with E-state index >= 15 is 0 Å². The molecule has 5 heteroatoms. The van der Waals surface area contributed by atoms with E-state index in [1.807, 2.05) is 6.92 Å². The van der Waals surface area contributed by atoms with Crippen LogP contribution in [0.4, 0.5) is 10.1 Å². The number of imidazole rings is 1. The van der Waals surface area contributed by atoms with Gasteiger partial charge in [0.05, 0.1) is 0 Å². The Labute approximate surface area is 97.9 Å². The summed E-state index contributed by atoms with van der Waals surface area (Å²) in [7, 11) is 0. The molecule has 0 saturated carbocycles. The van der Waals surface area contributed by atoms with Crippen LogP contribution in [-0.2, 0) is 6.54 Å². The summed E-state index contributed by atoms with van der Waals surface area (Å²) < 4.78 is 14.9. The van der Waals surface area contributed by atoms with E-state index in [2.05, 4.69) is 4.98 Å². The Bertz CT molecular complexity index is 542. The van der Waals surface area contributed by atoms with E-state index in [1.165, 1.54) is 12.1 Å². The minimum atomic E-state index is -0.525. The zero-order valence-electron chi connectivity index (χ0n) is 9.35. The highest BCUT2D eigenvalue weighted by Crippen LogP contribution is 2.14. The Hall–Kier alpha value is -2.17. The Balaban J connectivity index is 2.43. The zero-order valence-corrected chi connectivity index (χ0v) is 9.35. The Morgan fingerprint density at radius 1 is 1.47 bits per heavy atom. The molecule has 0 atom stereocenters. The number of nitrogens with two attached hydrogens (primary N) is 1. The zero-order chi connectivity index (χ0) is 12.4. The largest absolute Gasteiger partial charge is 0.399 e. The minimum Gasteiger partial charge on any atom is -0.399 e. The number of carbonyl (C=O) groups excluding carboxylic acids is 1. The number of nitrogens with zero attached hydrogens (tertiary/aromatic N) is 2. The maximum absolute atomic E-state index is 13.2. The van der Waals surface area contributed by atoms with Crippen molar-refractivity contribution >= 4 is 11.5 Å². The van der Waals surface area contributed by atoms with Crippen molar-refractivity contribution in [1.82, 2.24) is 9.55 Å². The summed E-state index contributed by atoms with van der Waals surface area (Å²) in [6.07, 6.45) is 3.25. The average molecular weight is 233 g/mol. The van der Waals surface area contributed by atoms with Crippen molar-refractivity contribution in [1.29, 1.82) is 0 Å². The van der Waals surface area contributed by atoms with Gasteiger partial charge in [0, 0.05) is 30.2 Å². The van der Waals surface area contributed by atoms with Crippen LogP contribution >= 0.6 is 0 Å². The van der Waals surface area contributed by atoms with Gasteiger partial charge in [0.15, 0.2) is 5.82 Å². The van der Waals surface area contributed by atoms with Gasteiger partial charge in [-0.25, -0.2) is 9.37 Å². The highest BCUT2D eigenvalue weighted by atomic mass is 19.1. The SMILES string of the molecule is CCn1ccnc1C(=O)c1cc(N)cc(F)c1. The molecule has 1 aromatic carbocycles. The van der Waals surface area contributed by atoms with E-state index in [4.69, 9.17) is 5.73 Å². The smallest absolute Gasteiger partial charge is 0.228 e.